The molecular formula is C11H12ClN3O. The first-order valence-corrected chi connectivity index (χ1v) is 5.39. The van der Waals surface area contributed by atoms with Crippen LogP contribution in [0.15, 0.2) is 28.9 Å². The molecule has 0 fully saturated rings. The van der Waals surface area contributed by atoms with Crippen molar-refractivity contribution in [1.29, 1.82) is 0 Å². The van der Waals surface area contributed by atoms with Gasteiger partial charge in [0.25, 0.3) is 0 Å². The molecule has 0 aromatic carbocycles. The number of nitrogens with zero attached hydrogens (tertiary/aromatic N) is 2. The Hall–Kier alpha value is -1.55. The zero-order valence-corrected chi connectivity index (χ0v) is 9.66. The maximum Gasteiger partial charge on any atom is 0.134 e. The van der Waals surface area contributed by atoms with Crippen molar-refractivity contribution in [2.75, 3.05) is 11.9 Å². The number of halogens is 1. The van der Waals surface area contributed by atoms with E-state index in [1.807, 2.05) is 19.1 Å². The summed E-state index contributed by atoms with van der Waals surface area (Å²) in [5.74, 6) is 2.35. The van der Waals surface area contributed by atoms with E-state index in [9.17, 15) is 0 Å². The molecular weight excluding hydrogens is 226 g/mol. The minimum Gasteiger partial charge on any atom is -0.469 e. The Labute approximate surface area is 98.7 Å². The van der Waals surface area contributed by atoms with Gasteiger partial charge in [-0.15, -0.1) is 0 Å². The van der Waals surface area contributed by atoms with Gasteiger partial charge in [0.1, 0.15) is 22.6 Å². The maximum absolute atomic E-state index is 5.82. The van der Waals surface area contributed by atoms with Gasteiger partial charge in [-0.2, -0.15) is 0 Å². The number of hydrogen-bond donors (Lipinski definition) is 1. The second-order valence-electron chi connectivity index (χ2n) is 3.38. The summed E-state index contributed by atoms with van der Waals surface area (Å²) in [6.45, 7) is 2.56. The highest BCUT2D eigenvalue weighted by molar-refractivity contribution is 6.29. The van der Waals surface area contributed by atoms with E-state index in [0.29, 0.717) is 11.0 Å². The summed E-state index contributed by atoms with van der Waals surface area (Å²) in [5, 5.41) is 3.62. The fraction of sp³-hybridized carbons (Fsp3) is 0.273. The fourth-order valence-corrected chi connectivity index (χ4v) is 1.62. The quantitative estimate of drug-likeness (QED) is 0.831. The summed E-state index contributed by atoms with van der Waals surface area (Å²) >= 11 is 5.82. The predicted molar refractivity (Wildman–Crippen MR) is 62.7 cm³/mol. The van der Waals surface area contributed by atoms with Crippen molar-refractivity contribution in [1.82, 2.24) is 9.97 Å². The lowest BCUT2D eigenvalue weighted by Crippen LogP contribution is -2.06. The number of aromatic nitrogens is 2. The molecule has 16 heavy (non-hydrogen) atoms. The van der Waals surface area contributed by atoms with Gasteiger partial charge in [0.2, 0.25) is 0 Å². The van der Waals surface area contributed by atoms with Gasteiger partial charge in [0.15, 0.2) is 0 Å². The molecule has 0 aliphatic carbocycles. The Morgan fingerprint density at radius 3 is 3.00 bits per heavy atom. The van der Waals surface area contributed by atoms with Crippen molar-refractivity contribution in [2.24, 2.45) is 0 Å². The van der Waals surface area contributed by atoms with Crippen LogP contribution in [0.25, 0.3) is 0 Å². The molecule has 2 rings (SSSR count). The molecule has 5 heteroatoms. The second-order valence-corrected chi connectivity index (χ2v) is 3.77. The minimum absolute atomic E-state index is 0.452. The topological polar surface area (TPSA) is 51.0 Å². The highest BCUT2D eigenvalue weighted by Gasteiger charge is 2.00. The smallest absolute Gasteiger partial charge is 0.134 e. The molecule has 1 N–H and O–H groups in total. The van der Waals surface area contributed by atoms with Crippen LogP contribution >= 0.6 is 11.6 Å². The molecule has 2 aromatic rings. The third-order valence-corrected chi connectivity index (χ3v) is 2.26. The molecule has 0 atom stereocenters. The van der Waals surface area contributed by atoms with Crippen LogP contribution in [0.3, 0.4) is 0 Å². The second kappa shape index (κ2) is 4.99. The molecule has 0 aliphatic heterocycles. The number of furan rings is 1. The van der Waals surface area contributed by atoms with Crippen molar-refractivity contribution in [3.8, 4) is 0 Å². The Morgan fingerprint density at radius 1 is 1.44 bits per heavy atom. The monoisotopic (exact) mass is 237 g/mol. The summed E-state index contributed by atoms with van der Waals surface area (Å²) in [6.07, 6.45) is 2.48. The van der Waals surface area contributed by atoms with Crippen LogP contribution in [-0.4, -0.2) is 16.5 Å². The average molecular weight is 238 g/mol. The zero-order chi connectivity index (χ0) is 11.4. The fourth-order valence-electron chi connectivity index (χ4n) is 1.39. The number of hydrogen-bond acceptors (Lipinski definition) is 4. The van der Waals surface area contributed by atoms with Crippen LogP contribution in [-0.2, 0) is 6.42 Å². The van der Waals surface area contributed by atoms with Crippen LogP contribution in [0.4, 0.5) is 5.82 Å². The van der Waals surface area contributed by atoms with E-state index in [-0.39, 0.29) is 0 Å². The third kappa shape index (κ3) is 2.97. The highest BCUT2D eigenvalue weighted by atomic mass is 35.5. The summed E-state index contributed by atoms with van der Waals surface area (Å²) in [5.41, 5.74) is 0. The molecule has 2 heterocycles. The van der Waals surface area contributed by atoms with Crippen molar-refractivity contribution in [3.05, 3.63) is 41.2 Å². The van der Waals surface area contributed by atoms with Crippen LogP contribution < -0.4 is 5.32 Å². The Morgan fingerprint density at radius 2 is 2.31 bits per heavy atom. The van der Waals surface area contributed by atoms with Crippen molar-refractivity contribution in [2.45, 2.75) is 13.3 Å². The van der Waals surface area contributed by atoms with Crippen LogP contribution in [0.1, 0.15) is 11.6 Å². The lowest BCUT2D eigenvalue weighted by molar-refractivity contribution is 0.513. The van der Waals surface area contributed by atoms with Gasteiger partial charge in [-0.05, 0) is 19.1 Å². The molecule has 4 nitrogen and oxygen atoms in total. The molecule has 0 unspecified atom stereocenters. The van der Waals surface area contributed by atoms with E-state index in [1.165, 1.54) is 0 Å². The SMILES string of the molecule is Cc1nc(Cl)cc(NCCc2ccco2)n1. The van der Waals surface area contributed by atoms with Gasteiger partial charge in [-0.1, -0.05) is 11.6 Å². The zero-order valence-electron chi connectivity index (χ0n) is 8.90. The Kier molecular flexibility index (Phi) is 3.41. The van der Waals surface area contributed by atoms with Crippen molar-refractivity contribution >= 4 is 17.4 Å². The molecule has 0 saturated carbocycles. The lowest BCUT2D eigenvalue weighted by Gasteiger charge is -2.05. The van der Waals surface area contributed by atoms with E-state index in [0.717, 1.165) is 24.5 Å². The summed E-state index contributed by atoms with van der Waals surface area (Å²) in [4.78, 5) is 8.20. The van der Waals surface area contributed by atoms with Crippen LogP contribution in [0.5, 0.6) is 0 Å². The van der Waals surface area contributed by atoms with Gasteiger partial charge in [0, 0.05) is 19.0 Å². The molecule has 0 radical (unpaired) electrons. The van der Waals surface area contributed by atoms with E-state index in [2.05, 4.69) is 15.3 Å². The van der Waals surface area contributed by atoms with Crippen molar-refractivity contribution < 1.29 is 4.42 Å². The number of anilines is 1. The molecule has 0 amide bonds. The summed E-state index contributed by atoms with van der Waals surface area (Å²) < 4.78 is 5.22. The maximum atomic E-state index is 5.82. The largest absolute Gasteiger partial charge is 0.469 e. The molecule has 0 saturated heterocycles. The van der Waals surface area contributed by atoms with E-state index in [4.69, 9.17) is 16.0 Å². The van der Waals surface area contributed by atoms with Gasteiger partial charge >= 0.3 is 0 Å². The number of rotatable bonds is 4. The highest BCUT2D eigenvalue weighted by Crippen LogP contribution is 2.11. The Bertz CT molecular complexity index is 436. The minimum atomic E-state index is 0.452. The van der Waals surface area contributed by atoms with Gasteiger partial charge in [-0.3, -0.25) is 0 Å². The van der Waals surface area contributed by atoms with E-state index in [1.54, 1.807) is 12.3 Å². The normalized spacial score (nSPS) is 10.4. The van der Waals surface area contributed by atoms with Gasteiger partial charge in [0.05, 0.1) is 6.26 Å². The first kappa shape index (κ1) is 11.0. The van der Waals surface area contributed by atoms with Gasteiger partial charge in [-0.25, -0.2) is 9.97 Å². The molecule has 84 valence electrons. The van der Waals surface area contributed by atoms with Crippen LogP contribution in [0.2, 0.25) is 5.15 Å². The summed E-state index contributed by atoms with van der Waals surface area (Å²) in [6, 6.07) is 5.53. The first-order chi connectivity index (χ1) is 7.74. The molecule has 0 bridgehead atoms. The van der Waals surface area contributed by atoms with Crippen molar-refractivity contribution in [3.63, 3.8) is 0 Å². The number of nitrogens with one attached hydrogen (secondary N) is 1. The van der Waals surface area contributed by atoms with E-state index < -0.39 is 0 Å². The number of aryl methyl sites for hydroxylation is 1. The lowest BCUT2D eigenvalue weighted by atomic mass is 10.3. The summed E-state index contributed by atoms with van der Waals surface area (Å²) in [7, 11) is 0. The standard InChI is InChI=1S/C11H12ClN3O/c1-8-14-10(12)7-11(15-8)13-5-4-9-3-2-6-16-9/h2-3,6-7H,4-5H2,1H3,(H,13,14,15). The molecule has 2 aromatic heterocycles. The molecule has 0 aliphatic rings. The van der Waals surface area contributed by atoms with Gasteiger partial charge < -0.3 is 9.73 Å². The predicted octanol–water partition coefficient (Wildman–Crippen LogP) is 2.69. The van der Waals surface area contributed by atoms with Crippen LogP contribution in [0, 0.1) is 6.92 Å². The Balaban J connectivity index is 1.89. The third-order valence-electron chi connectivity index (χ3n) is 2.06. The first-order valence-electron chi connectivity index (χ1n) is 5.01. The van der Waals surface area contributed by atoms with E-state index >= 15 is 0 Å². The average Bonchev–Trinajstić information content (AvgIpc) is 2.69. The molecule has 0 spiro atoms.